The number of aliphatic hydroxyl groups is 2. The molecule has 0 spiro atoms. The molecule has 1 aliphatic rings. The van der Waals surface area contributed by atoms with Gasteiger partial charge in [0, 0.05) is 31.8 Å². The van der Waals surface area contributed by atoms with Gasteiger partial charge >= 0.3 is 5.97 Å². The number of carbonyl (C=O) groups excluding carboxylic acids is 1. The molecule has 0 aliphatic carbocycles. The number of methoxy groups -OCH3 is 1. The summed E-state index contributed by atoms with van der Waals surface area (Å²) >= 11 is 0. The van der Waals surface area contributed by atoms with Gasteiger partial charge in [-0.2, -0.15) is 0 Å². The third-order valence-electron chi connectivity index (χ3n) is 5.34. The van der Waals surface area contributed by atoms with Gasteiger partial charge in [0.25, 0.3) is 0 Å². The molecule has 4 unspecified atom stereocenters. The Labute approximate surface area is 171 Å². The second kappa shape index (κ2) is 14.6. The van der Waals surface area contributed by atoms with E-state index in [0.717, 1.165) is 57.9 Å². The van der Waals surface area contributed by atoms with Crippen LogP contribution in [0, 0.1) is 17.8 Å². The summed E-state index contributed by atoms with van der Waals surface area (Å²) in [5, 5.41) is 20.6. The van der Waals surface area contributed by atoms with Gasteiger partial charge in [-0.1, -0.05) is 38.8 Å². The lowest BCUT2D eigenvalue weighted by atomic mass is 9.99. The summed E-state index contributed by atoms with van der Waals surface area (Å²) in [4.78, 5) is 13.2. The number of unbranched alkanes of at least 4 members (excludes halogenated alkanes) is 4. The molecule has 5 nitrogen and oxygen atoms in total. The molecular weight excluding hydrogens is 354 g/mol. The van der Waals surface area contributed by atoms with Gasteiger partial charge in [-0.05, 0) is 38.0 Å². The largest absolute Gasteiger partial charge is 0.469 e. The lowest BCUT2D eigenvalue weighted by molar-refractivity contribution is -0.140. The Morgan fingerprint density at radius 1 is 1.25 bits per heavy atom. The Morgan fingerprint density at radius 3 is 2.71 bits per heavy atom. The van der Waals surface area contributed by atoms with E-state index in [9.17, 15) is 15.0 Å². The van der Waals surface area contributed by atoms with Crippen LogP contribution in [0.5, 0.6) is 0 Å². The van der Waals surface area contributed by atoms with Crippen molar-refractivity contribution in [2.75, 3.05) is 13.7 Å². The molecular formula is C23H39NO4. The van der Waals surface area contributed by atoms with Crippen LogP contribution < -0.4 is 0 Å². The molecule has 1 heterocycles. The van der Waals surface area contributed by atoms with Gasteiger partial charge in [-0.15, -0.1) is 11.8 Å². The van der Waals surface area contributed by atoms with Crippen LogP contribution in [0.1, 0.15) is 78.1 Å². The van der Waals surface area contributed by atoms with E-state index in [0.29, 0.717) is 12.8 Å². The molecule has 0 aromatic rings. The van der Waals surface area contributed by atoms with Gasteiger partial charge in [-0.25, -0.2) is 0 Å². The summed E-state index contributed by atoms with van der Waals surface area (Å²) in [7, 11) is 1.42. The van der Waals surface area contributed by atoms with Crippen molar-refractivity contribution in [3.8, 4) is 11.8 Å². The maximum absolute atomic E-state index is 11.1. The summed E-state index contributed by atoms with van der Waals surface area (Å²) in [5.41, 5.74) is 0. The van der Waals surface area contributed by atoms with Gasteiger partial charge in [0.2, 0.25) is 0 Å². The number of nitrogens with zero attached hydrogens (tertiary/aromatic N) is 1. The molecule has 28 heavy (non-hydrogen) atoms. The van der Waals surface area contributed by atoms with Crippen LogP contribution in [0.2, 0.25) is 0 Å². The lowest BCUT2D eigenvalue weighted by Crippen LogP contribution is -2.36. The van der Waals surface area contributed by atoms with Crippen LogP contribution in [-0.4, -0.2) is 53.1 Å². The van der Waals surface area contributed by atoms with Crippen molar-refractivity contribution in [3.63, 3.8) is 0 Å². The number of likely N-dealkylation sites (tertiary alicyclic amines) is 1. The zero-order chi connectivity index (χ0) is 20.8. The molecule has 1 fully saturated rings. The minimum absolute atomic E-state index is 0.107. The molecule has 0 amide bonds. The van der Waals surface area contributed by atoms with E-state index in [4.69, 9.17) is 0 Å². The van der Waals surface area contributed by atoms with Crippen molar-refractivity contribution >= 4 is 5.97 Å². The fraction of sp³-hybridized carbons (Fsp3) is 0.783. The van der Waals surface area contributed by atoms with Crippen molar-refractivity contribution in [1.82, 2.24) is 4.90 Å². The highest BCUT2D eigenvalue weighted by Crippen LogP contribution is 2.25. The first-order valence-electron chi connectivity index (χ1n) is 10.8. The Balaban J connectivity index is 2.35. The average Bonchev–Trinajstić information content (AvgIpc) is 3.05. The number of rotatable bonds is 12. The maximum Gasteiger partial charge on any atom is 0.305 e. The van der Waals surface area contributed by atoms with Crippen molar-refractivity contribution in [1.29, 1.82) is 0 Å². The van der Waals surface area contributed by atoms with E-state index in [1.807, 2.05) is 19.1 Å². The number of esters is 1. The third-order valence-corrected chi connectivity index (χ3v) is 5.34. The van der Waals surface area contributed by atoms with E-state index in [2.05, 4.69) is 28.4 Å². The fourth-order valence-corrected chi connectivity index (χ4v) is 3.41. The number of aliphatic hydroxyl groups excluding tert-OH is 2. The first-order chi connectivity index (χ1) is 13.5. The van der Waals surface area contributed by atoms with Crippen LogP contribution in [0.3, 0.4) is 0 Å². The number of carbonyl (C=O) groups is 1. The van der Waals surface area contributed by atoms with Crippen LogP contribution >= 0.6 is 0 Å². The first-order valence-corrected chi connectivity index (χ1v) is 10.8. The summed E-state index contributed by atoms with van der Waals surface area (Å²) in [6.45, 7) is 4.97. The molecule has 1 rings (SSSR count). The molecule has 2 N–H and O–H groups in total. The minimum Gasteiger partial charge on any atom is -0.469 e. The second-order valence-corrected chi connectivity index (χ2v) is 7.76. The minimum atomic E-state index is -0.506. The topological polar surface area (TPSA) is 70.0 Å². The van der Waals surface area contributed by atoms with E-state index >= 15 is 0 Å². The predicted octanol–water partition coefficient (Wildman–Crippen LogP) is 3.64. The summed E-state index contributed by atoms with van der Waals surface area (Å²) in [5.74, 6) is 6.23. The summed E-state index contributed by atoms with van der Waals surface area (Å²) < 4.78 is 4.65. The van der Waals surface area contributed by atoms with Gasteiger partial charge < -0.3 is 14.9 Å². The quantitative estimate of drug-likeness (QED) is 0.229. The summed E-state index contributed by atoms with van der Waals surface area (Å²) in [6.07, 6.45) is 11.7. The zero-order valence-corrected chi connectivity index (χ0v) is 17.9. The van der Waals surface area contributed by atoms with Crippen molar-refractivity contribution in [2.24, 2.45) is 5.92 Å². The van der Waals surface area contributed by atoms with E-state index in [-0.39, 0.29) is 17.9 Å². The van der Waals surface area contributed by atoms with Crippen LogP contribution in [0.25, 0.3) is 0 Å². The van der Waals surface area contributed by atoms with Crippen LogP contribution in [-0.2, 0) is 9.53 Å². The maximum atomic E-state index is 11.1. The smallest absolute Gasteiger partial charge is 0.305 e. The van der Waals surface area contributed by atoms with Gasteiger partial charge in [0.1, 0.15) is 6.23 Å². The standard InChI is InChI=1S/C23H39NO4/c1-4-5-6-9-12-19(2)21(25)16-14-20-15-17-22(26)24(20)18-11-8-7-10-13-23(27)28-3/h14,16,19-22,25-26H,4-5,7-8,10-13,15,17-18H2,1-3H3. The molecule has 0 aromatic carbocycles. The Hall–Kier alpha value is -1.35. The van der Waals surface area contributed by atoms with Crippen molar-refractivity contribution in [2.45, 2.75) is 96.4 Å². The van der Waals surface area contributed by atoms with Crippen molar-refractivity contribution in [3.05, 3.63) is 12.2 Å². The predicted molar refractivity (Wildman–Crippen MR) is 112 cm³/mol. The molecule has 4 atom stereocenters. The fourth-order valence-electron chi connectivity index (χ4n) is 3.41. The van der Waals surface area contributed by atoms with Crippen LogP contribution in [0.4, 0.5) is 0 Å². The molecule has 1 aliphatic heterocycles. The summed E-state index contributed by atoms with van der Waals surface area (Å²) in [6, 6.07) is 0.179. The molecule has 0 bridgehead atoms. The van der Waals surface area contributed by atoms with Gasteiger partial charge in [0.05, 0.1) is 13.2 Å². The van der Waals surface area contributed by atoms with E-state index in [1.54, 1.807) is 0 Å². The SMILES string of the molecule is CCCC#CCC(C)C(O)C=CC1CCC(O)N1CCCCCCC(=O)OC. The third kappa shape index (κ3) is 9.73. The number of hydrogen-bond acceptors (Lipinski definition) is 5. The monoisotopic (exact) mass is 393 g/mol. The number of hydrogen-bond donors (Lipinski definition) is 2. The molecule has 1 saturated heterocycles. The molecule has 5 heteroatoms. The Kier molecular flexibility index (Phi) is 12.9. The first kappa shape index (κ1) is 24.7. The van der Waals surface area contributed by atoms with Gasteiger partial charge in [-0.3, -0.25) is 9.69 Å². The molecule has 160 valence electrons. The zero-order valence-electron chi connectivity index (χ0n) is 17.9. The highest BCUT2D eigenvalue weighted by atomic mass is 16.5. The molecule has 0 aromatic heterocycles. The highest BCUT2D eigenvalue weighted by Gasteiger charge is 2.29. The average molecular weight is 394 g/mol. The lowest BCUT2D eigenvalue weighted by Gasteiger charge is -2.25. The molecule has 0 radical (unpaired) electrons. The van der Waals surface area contributed by atoms with E-state index in [1.165, 1.54) is 7.11 Å². The highest BCUT2D eigenvalue weighted by molar-refractivity contribution is 5.68. The van der Waals surface area contributed by atoms with Crippen LogP contribution in [0.15, 0.2) is 12.2 Å². The Morgan fingerprint density at radius 2 is 2.00 bits per heavy atom. The normalized spacial score (nSPS) is 22.0. The second-order valence-electron chi connectivity index (χ2n) is 7.76. The van der Waals surface area contributed by atoms with E-state index < -0.39 is 12.3 Å². The van der Waals surface area contributed by atoms with Gasteiger partial charge in [0.15, 0.2) is 0 Å². The number of ether oxygens (including phenoxy) is 1. The van der Waals surface area contributed by atoms with Crippen molar-refractivity contribution < 1.29 is 19.7 Å². The molecule has 0 saturated carbocycles. The Bertz CT molecular complexity index is 522.